The largest absolute Gasteiger partial charge is 0.397 e. The minimum Gasteiger partial charge on any atom is -0.397 e. The Bertz CT molecular complexity index is 1450. The molecule has 2 fully saturated rings. The Kier molecular flexibility index (Phi) is 7.32. The summed E-state index contributed by atoms with van der Waals surface area (Å²) < 4.78 is 5.78. The van der Waals surface area contributed by atoms with Crippen molar-refractivity contribution in [3.8, 4) is 11.3 Å². The van der Waals surface area contributed by atoms with E-state index in [2.05, 4.69) is 75.7 Å². The molecule has 3 heterocycles. The van der Waals surface area contributed by atoms with Crippen LogP contribution in [0, 0.1) is 0 Å². The zero-order chi connectivity index (χ0) is 27.5. The first-order valence-electron chi connectivity index (χ1n) is 14.1. The molecule has 1 amide bonds. The van der Waals surface area contributed by atoms with Crippen LogP contribution in [0.5, 0.6) is 0 Å². The highest BCUT2D eigenvalue weighted by Crippen LogP contribution is 2.42. The van der Waals surface area contributed by atoms with E-state index < -0.39 is 0 Å². The maximum atomic E-state index is 12.9. The normalized spacial score (nSPS) is 17.5. The van der Waals surface area contributed by atoms with E-state index >= 15 is 0 Å². The number of anilines is 3. The van der Waals surface area contributed by atoms with Gasteiger partial charge >= 0.3 is 0 Å². The summed E-state index contributed by atoms with van der Waals surface area (Å²) in [5.41, 5.74) is 13.5. The number of hydrogen-bond donors (Lipinski definition) is 3. The van der Waals surface area contributed by atoms with Gasteiger partial charge in [0.15, 0.2) is 0 Å². The summed E-state index contributed by atoms with van der Waals surface area (Å²) in [5, 5.41) is 2.92. The van der Waals surface area contributed by atoms with Gasteiger partial charge in [-0.25, -0.2) is 0 Å². The third-order valence-electron chi connectivity index (χ3n) is 8.50. The number of carbonyl (C=O) groups is 1. The molecule has 7 heteroatoms. The third kappa shape index (κ3) is 5.22. The lowest BCUT2D eigenvalue weighted by Crippen LogP contribution is -2.44. The number of benzene rings is 3. The maximum Gasteiger partial charge on any atom is 0.255 e. The molecule has 4 aromatic rings. The van der Waals surface area contributed by atoms with E-state index in [1.165, 1.54) is 22.5 Å². The minimum atomic E-state index is -0.199. The molecular weight excluding hydrogens is 498 g/mol. The van der Waals surface area contributed by atoms with Gasteiger partial charge in [0, 0.05) is 67.4 Å². The van der Waals surface area contributed by atoms with Gasteiger partial charge in [-0.1, -0.05) is 36.4 Å². The highest BCUT2D eigenvalue weighted by atomic mass is 16.5. The molecular formula is C33H37N5O2. The van der Waals surface area contributed by atoms with Crippen LogP contribution in [0.1, 0.15) is 34.5 Å². The van der Waals surface area contributed by atoms with Crippen molar-refractivity contribution in [3.05, 3.63) is 102 Å². The van der Waals surface area contributed by atoms with Crippen LogP contribution in [0.3, 0.4) is 0 Å². The highest BCUT2D eigenvalue weighted by molar-refractivity contribution is 6.05. The van der Waals surface area contributed by atoms with Crippen molar-refractivity contribution >= 4 is 23.0 Å². The molecule has 0 atom stereocenters. The van der Waals surface area contributed by atoms with Crippen LogP contribution in [-0.4, -0.2) is 62.2 Å². The fraction of sp³-hybridized carbons (Fsp3) is 0.303. The average molecular weight is 536 g/mol. The zero-order valence-electron chi connectivity index (χ0n) is 23.0. The van der Waals surface area contributed by atoms with E-state index in [1.54, 1.807) is 12.1 Å². The Labute approximate surface area is 235 Å². The number of para-hydroxylation sites is 2. The number of nitrogens with two attached hydrogens (primary N) is 1. The SMILES string of the molecule is CN1CCN(c2ccc(-c3ccc(C4(c5ccc(C(=O)Nc6ccccc6N)cc5)CCOCC4)[nH]3)cc2)CC1. The van der Waals surface area contributed by atoms with Crippen molar-refractivity contribution in [3.63, 3.8) is 0 Å². The molecule has 0 radical (unpaired) electrons. The second-order valence-electron chi connectivity index (χ2n) is 10.9. The van der Waals surface area contributed by atoms with Gasteiger partial charge < -0.3 is 30.6 Å². The molecule has 3 aromatic carbocycles. The Morgan fingerprint density at radius 3 is 2.27 bits per heavy atom. The predicted octanol–water partition coefficient (Wildman–Crippen LogP) is 5.36. The standard InChI is InChI=1S/C33H37N5O2/c1-37-18-20-38(21-19-37)27-12-8-24(9-13-27)29-14-15-31(35-29)33(16-22-40-23-17-33)26-10-6-25(7-11-26)32(39)36-30-5-3-2-4-28(30)34/h2-15,35H,16-23,34H2,1H3,(H,36,39). The zero-order valence-corrected chi connectivity index (χ0v) is 23.0. The first-order chi connectivity index (χ1) is 19.5. The molecule has 0 unspecified atom stereocenters. The van der Waals surface area contributed by atoms with Gasteiger partial charge in [-0.3, -0.25) is 4.79 Å². The number of carbonyl (C=O) groups excluding carboxylic acids is 1. The molecule has 2 aliphatic heterocycles. The van der Waals surface area contributed by atoms with Crippen LogP contribution in [-0.2, 0) is 10.2 Å². The molecule has 0 aliphatic carbocycles. The fourth-order valence-electron chi connectivity index (χ4n) is 5.94. The van der Waals surface area contributed by atoms with Crippen LogP contribution in [0.25, 0.3) is 11.3 Å². The lowest BCUT2D eigenvalue weighted by molar-refractivity contribution is 0.0620. The number of nitrogen functional groups attached to an aromatic ring is 1. The number of piperazine rings is 1. The van der Waals surface area contributed by atoms with E-state index in [9.17, 15) is 4.79 Å². The molecule has 4 N–H and O–H groups in total. The fourth-order valence-corrected chi connectivity index (χ4v) is 5.94. The van der Waals surface area contributed by atoms with Gasteiger partial charge in [0.25, 0.3) is 5.91 Å². The van der Waals surface area contributed by atoms with Crippen molar-refractivity contribution in [2.45, 2.75) is 18.3 Å². The number of hydrogen-bond acceptors (Lipinski definition) is 5. The Morgan fingerprint density at radius 1 is 0.875 bits per heavy atom. The van der Waals surface area contributed by atoms with E-state index in [-0.39, 0.29) is 11.3 Å². The number of likely N-dealkylation sites (N-methyl/N-ethyl adjacent to an activating group) is 1. The summed E-state index contributed by atoms with van der Waals surface area (Å²) in [4.78, 5) is 21.5. The molecule has 6 rings (SSSR count). The molecule has 0 saturated carbocycles. The van der Waals surface area contributed by atoms with E-state index in [1.807, 2.05) is 24.3 Å². The highest BCUT2D eigenvalue weighted by Gasteiger charge is 2.37. The maximum absolute atomic E-state index is 12.9. The van der Waals surface area contributed by atoms with Crippen molar-refractivity contribution in [2.24, 2.45) is 0 Å². The Hall–Kier alpha value is -4.07. The summed E-state index contributed by atoms with van der Waals surface area (Å²) in [7, 11) is 2.18. The molecule has 0 spiro atoms. The van der Waals surface area contributed by atoms with E-state index in [0.717, 1.165) is 44.7 Å². The number of nitrogens with zero attached hydrogens (tertiary/aromatic N) is 2. The molecule has 2 aliphatic rings. The Balaban J connectivity index is 1.22. The van der Waals surface area contributed by atoms with Crippen LogP contribution >= 0.6 is 0 Å². The van der Waals surface area contributed by atoms with Gasteiger partial charge in [0.2, 0.25) is 0 Å². The number of H-pyrrole nitrogens is 1. The van der Waals surface area contributed by atoms with Crippen LogP contribution < -0.4 is 16.0 Å². The van der Waals surface area contributed by atoms with Gasteiger partial charge in [-0.05, 0) is 79.5 Å². The summed E-state index contributed by atoms with van der Waals surface area (Å²) in [5.74, 6) is -0.173. The summed E-state index contributed by atoms with van der Waals surface area (Å²) in [6, 6.07) is 28.6. The number of amides is 1. The van der Waals surface area contributed by atoms with Gasteiger partial charge in [-0.15, -0.1) is 0 Å². The molecule has 40 heavy (non-hydrogen) atoms. The molecule has 1 aromatic heterocycles. The van der Waals surface area contributed by atoms with Crippen molar-refractivity contribution in [2.75, 3.05) is 62.4 Å². The topological polar surface area (TPSA) is 86.6 Å². The van der Waals surface area contributed by atoms with Crippen LogP contribution in [0.2, 0.25) is 0 Å². The van der Waals surface area contributed by atoms with Gasteiger partial charge in [0.1, 0.15) is 0 Å². The molecule has 2 saturated heterocycles. The summed E-state index contributed by atoms with van der Waals surface area (Å²) >= 11 is 0. The summed E-state index contributed by atoms with van der Waals surface area (Å²) in [6.45, 7) is 5.72. The first kappa shape index (κ1) is 26.2. The molecule has 7 nitrogen and oxygen atoms in total. The molecule has 206 valence electrons. The number of aromatic amines is 1. The number of ether oxygens (including phenoxy) is 1. The number of rotatable bonds is 6. The monoisotopic (exact) mass is 535 g/mol. The summed E-state index contributed by atoms with van der Waals surface area (Å²) in [6.07, 6.45) is 1.75. The number of aromatic nitrogens is 1. The van der Waals surface area contributed by atoms with Gasteiger partial charge in [-0.2, -0.15) is 0 Å². The smallest absolute Gasteiger partial charge is 0.255 e. The second kappa shape index (κ2) is 11.2. The van der Waals surface area contributed by atoms with Crippen LogP contribution in [0.4, 0.5) is 17.1 Å². The first-order valence-corrected chi connectivity index (χ1v) is 14.1. The van der Waals surface area contributed by atoms with E-state index in [4.69, 9.17) is 10.5 Å². The van der Waals surface area contributed by atoms with Crippen molar-refractivity contribution < 1.29 is 9.53 Å². The van der Waals surface area contributed by atoms with Crippen molar-refractivity contribution in [1.29, 1.82) is 0 Å². The van der Waals surface area contributed by atoms with Crippen molar-refractivity contribution in [1.82, 2.24) is 9.88 Å². The average Bonchev–Trinajstić information content (AvgIpc) is 3.50. The third-order valence-corrected chi connectivity index (χ3v) is 8.50. The predicted molar refractivity (Wildman–Crippen MR) is 162 cm³/mol. The lowest BCUT2D eigenvalue weighted by atomic mass is 9.71. The van der Waals surface area contributed by atoms with Gasteiger partial charge in [0.05, 0.1) is 11.4 Å². The molecule has 0 bridgehead atoms. The Morgan fingerprint density at radius 2 is 1.57 bits per heavy atom. The van der Waals surface area contributed by atoms with Crippen LogP contribution in [0.15, 0.2) is 84.9 Å². The number of nitrogens with one attached hydrogen (secondary N) is 2. The van der Waals surface area contributed by atoms with E-state index in [0.29, 0.717) is 30.2 Å². The lowest BCUT2D eigenvalue weighted by Gasteiger charge is -2.37. The minimum absolute atomic E-state index is 0.173. The quantitative estimate of drug-likeness (QED) is 0.289. The second-order valence-corrected chi connectivity index (χ2v) is 10.9.